The van der Waals surface area contributed by atoms with Gasteiger partial charge in [-0.15, -0.1) is 11.3 Å². The second-order valence-corrected chi connectivity index (χ2v) is 8.20. The van der Waals surface area contributed by atoms with E-state index in [0.717, 1.165) is 38.3 Å². The summed E-state index contributed by atoms with van der Waals surface area (Å²) in [4.78, 5) is 14.4. The highest BCUT2D eigenvalue weighted by molar-refractivity contribution is 7.18. The average Bonchev–Trinajstić information content (AvgIpc) is 3.26. The standard InChI is InChI=1S/C27H19NO2S/c29-27(30)25-18-23(20-10-3-1-4-11-20)26(31-25)28(21-14-5-2-6-15-21)24-17-9-13-19-12-7-8-16-22(19)24/h1-18H,(H,29,30). The first-order chi connectivity index (χ1) is 15.2. The minimum absolute atomic E-state index is 0.315. The maximum absolute atomic E-state index is 11.9. The lowest BCUT2D eigenvalue weighted by molar-refractivity contribution is 0.0702. The Morgan fingerprint density at radius 1 is 0.742 bits per heavy atom. The second-order valence-electron chi connectivity index (χ2n) is 7.17. The molecule has 0 spiro atoms. The van der Waals surface area contributed by atoms with Crippen molar-refractivity contribution < 1.29 is 9.90 Å². The van der Waals surface area contributed by atoms with Crippen molar-refractivity contribution in [3.63, 3.8) is 0 Å². The molecule has 0 radical (unpaired) electrons. The number of fused-ring (bicyclic) bond motifs is 1. The third-order valence-corrected chi connectivity index (χ3v) is 6.34. The fraction of sp³-hybridized carbons (Fsp3) is 0. The number of anilines is 3. The summed E-state index contributed by atoms with van der Waals surface area (Å²) in [6, 6.07) is 36.3. The number of aromatic carboxylic acids is 1. The SMILES string of the molecule is O=C(O)c1cc(-c2ccccc2)c(N(c2ccccc2)c2cccc3ccccc23)s1. The Kier molecular flexibility index (Phi) is 4.98. The van der Waals surface area contributed by atoms with Gasteiger partial charge in [0.15, 0.2) is 0 Å². The van der Waals surface area contributed by atoms with Crippen LogP contribution in [0.4, 0.5) is 16.4 Å². The predicted octanol–water partition coefficient (Wildman–Crippen LogP) is 7.74. The molecule has 0 atom stereocenters. The van der Waals surface area contributed by atoms with Gasteiger partial charge >= 0.3 is 5.97 Å². The molecular formula is C27H19NO2S. The zero-order chi connectivity index (χ0) is 21.2. The number of thiophene rings is 1. The van der Waals surface area contributed by atoms with Gasteiger partial charge in [-0.25, -0.2) is 4.79 Å². The minimum atomic E-state index is -0.917. The normalized spacial score (nSPS) is 10.8. The molecule has 0 amide bonds. The van der Waals surface area contributed by atoms with Crippen molar-refractivity contribution in [2.75, 3.05) is 4.90 Å². The maximum Gasteiger partial charge on any atom is 0.345 e. The number of hydrogen-bond donors (Lipinski definition) is 1. The molecule has 0 saturated heterocycles. The van der Waals surface area contributed by atoms with Crippen molar-refractivity contribution in [3.05, 3.63) is 114 Å². The lowest BCUT2D eigenvalue weighted by Crippen LogP contribution is -2.09. The maximum atomic E-state index is 11.9. The largest absolute Gasteiger partial charge is 0.477 e. The van der Waals surface area contributed by atoms with Crippen molar-refractivity contribution in [1.29, 1.82) is 0 Å². The van der Waals surface area contributed by atoms with Crippen LogP contribution < -0.4 is 4.90 Å². The van der Waals surface area contributed by atoms with Gasteiger partial charge in [-0.1, -0.05) is 84.9 Å². The van der Waals surface area contributed by atoms with Gasteiger partial charge in [0.2, 0.25) is 0 Å². The fourth-order valence-corrected chi connectivity index (χ4v) is 4.88. The number of rotatable bonds is 5. The van der Waals surface area contributed by atoms with Crippen LogP contribution in [0.3, 0.4) is 0 Å². The fourth-order valence-electron chi connectivity index (χ4n) is 3.82. The van der Waals surface area contributed by atoms with E-state index in [1.54, 1.807) is 6.07 Å². The third-order valence-electron chi connectivity index (χ3n) is 5.23. The molecule has 0 aliphatic rings. The zero-order valence-electron chi connectivity index (χ0n) is 16.6. The van der Waals surface area contributed by atoms with Crippen LogP contribution in [0.25, 0.3) is 21.9 Å². The summed E-state index contributed by atoms with van der Waals surface area (Å²) in [6.45, 7) is 0. The van der Waals surface area contributed by atoms with Gasteiger partial charge in [0, 0.05) is 16.6 Å². The number of para-hydroxylation sites is 1. The molecule has 0 unspecified atom stereocenters. The molecule has 5 aromatic rings. The number of hydrogen-bond acceptors (Lipinski definition) is 3. The number of carboxylic acid groups (broad SMARTS) is 1. The van der Waals surface area contributed by atoms with Crippen molar-refractivity contribution in [1.82, 2.24) is 0 Å². The number of benzene rings is 4. The van der Waals surface area contributed by atoms with Gasteiger partial charge in [-0.05, 0) is 35.2 Å². The molecule has 5 rings (SSSR count). The molecule has 150 valence electrons. The first-order valence-corrected chi connectivity index (χ1v) is 10.8. The summed E-state index contributed by atoms with van der Waals surface area (Å²) in [6.07, 6.45) is 0. The molecule has 31 heavy (non-hydrogen) atoms. The van der Waals surface area contributed by atoms with E-state index in [0.29, 0.717) is 4.88 Å². The zero-order valence-corrected chi connectivity index (χ0v) is 17.4. The van der Waals surface area contributed by atoms with Gasteiger partial charge in [0.05, 0.1) is 5.69 Å². The van der Waals surface area contributed by atoms with Crippen LogP contribution >= 0.6 is 11.3 Å². The van der Waals surface area contributed by atoms with Crippen LogP contribution in [0.5, 0.6) is 0 Å². The summed E-state index contributed by atoms with van der Waals surface area (Å²) in [5.41, 5.74) is 3.89. The Morgan fingerprint density at radius 2 is 1.39 bits per heavy atom. The minimum Gasteiger partial charge on any atom is -0.477 e. The van der Waals surface area contributed by atoms with Crippen molar-refractivity contribution >= 4 is 44.5 Å². The highest BCUT2D eigenvalue weighted by Gasteiger charge is 2.23. The Labute approximate surface area is 184 Å². The second kappa shape index (κ2) is 8.09. The molecule has 0 bridgehead atoms. The monoisotopic (exact) mass is 421 g/mol. The van der Waals surface area contributed by atoms with Gasteiger partial charge in [0.1, 0.15) is 9.88 Å². The average molecular weight is 422 g/mol. The lowest BCUT2D eigenvalue weighted by atomic mass is 10.0. The Balaban J connectivity index is 1.82. The molecule has 0 aliphatic carbocycles. The number of nitrogens with zero attached hydrogens (tertiary/aromatic N) is 1. The molecule has 0 aliphatic heterocycles. The smallest absolute Gasteiger partial charge is 0.345 e. The summed E-state index contributed by atoms with van der Waals surface area (Å²) < 4.78 is 0. The van der Waals surface area contributed by atoms with Gasteiger partial charge in [-0.2, -0.15) is 0 Å². The van der Waals surface area contributed by atoms with E-state index in [-0.39, 0.29) is 0 Å². The molecule has 4 aromatic carbocycles. The van der Waals surface area contributed by atoms with Crippen molar-refractivity contribution in [2.24, 2.45) is 0 Å². The van der Waals surface area contributed by atoms with Crippen LogP contribution in [0.15, 0.2) is 109 Å². The summed E-state index contributed by atoms with van der Waals surface area (Å²) in [5, 5.41) is 12.9. The summed E-state index contributed by atoms with van der Waals surface area (Å²) in [7, 11) is 0. The van der Waals surface area contributed by atoms with Crippen molar-refractivity contribution in [3.8, 4) is 11.1 Å². The van der Waals surface area contributed by atoms with E-state index < -0.39 is 5.97 Å². The van der Waals surface area contributed by atoms with E-state index in [1.807, 2.05) is 66.7 Å². The van der Waals surface area contributed by atoms with Gasteiger partial charge < -0.3 is 10.0 Å². The third kappa shape index (κ3) is 3.58. The van der Waals surface area contributed by atoms with E-state index in [2.05, 4.69) is 41.3 Å². The van der Waals surface area contributed by atoms with Gasteiger partial charge in [0.25, 0.3) is 0 Å². The molecule has 0 saturated carbocycles. The van der Waals surface area contributed by atoms with E-state index in [4.69, 9.17) is 0 Å². The Morgan fingerprint density at radius 3 is 2.13 bits per heavy atom. The van der Waals surface area contributed by atoms with Crippen LogP contribution in [0.2, 0.25) is 0 Å². The highest BCUT2D eigenvalue weighted by Crippen LogP contribution is 2.47. The Hall–Kier alpha value is -3.89. The van der Waals surface area contributed by atoms with E-state index >= 15 is 0 Å². The van der Waals surface area contributed by atoms with E-state index in [9.17, 15) is 9.90 Å². The molecule has 1 N–H and O–H groups in total. The first-order valence-electron chi connectivity index (χ1n) is 9.98. The number of carbonyl (C=O) groups is 1. The molecule has 3 nitrogen and oxygen atoms in total. The number of carboxylic acids is 1. The van der Waals surface area contributed by atoms with Crippen molar-refractivity contribution in [2.45, 2.75) is 0 Å². The van der Waals surface area contributed by atoms with Gasteiger partial charge in [-0.3, -0.25) is 0 Å². The molecule has 1 aromatic heterocycles. The molecular weight excluding hydrogens is 402 g/mol. The van der Waals surface area contributed by atoms with Crippen LogP contribution in [0, 0.1) is 0 Å². The Bertz CT molecular complexity index is 1350. The van der Waals surface area contributed by atoms with E-state index in [1.165, 1.54) is 11.3 Å². The lowest BCUT2D eigenvalue weighted by Gasteiger charge is -2.26. The quantitative estimate of drug-likeness (QED) is 0.315. The van der Waals surface area contributed by atoms with Crippen LogP contribution in [0.1, 0.15) is 9.67 Å². The summed E-state index contributed by atoms with van der Waals surface area (Å²) in [5.74, 6) is -0.917. The van der Waals surface area contributed by atoms with Crippen LogP contribution in [-0.2, 0) is 0 Å². The van der Waals surface area contributed by atoms with Crippen LogP contribution in [-0.4, -0.2) is 11.1 Å². The predicted molar refractivity (Wildman–Crippen MR) is 129 cm³/mol. The molecule has 4 heteroatoms. The molecule has 1 heterocycles. The first kappa shape index (κ1) is 19.1. The molecule has 0 fully saturated rings. The topological polar surface area (TPSA) is 40.5 Å². The highest BCUT2D eigenvalue weighted by atomic mass is 32.1. The summed E-state index contributed by atoms with van der Waals surface area (Å²) >= 11 is 1.30.